The van der Waals surface area contributed by atoms with Crippen molar-refractivity contribution in [2.75, 3.05) is 11.6 Å². The highest BCUT2D eigenvalue weighted by Gasteiger charge is 2.80. The van der Waals surface area contributed by atoms with Crippen molar-refractivity contribution < 1.29 is 74.8 Å². The summed E-state index contributed by atoms with van der Waals surface area (Å²) in [4.78, 5) is 74.9. The first-order valence-corrected chi connectivity index (χ1v) is 26.0. The van der Waals surface area contributed by atoms with Gasteiger partial charge in [0.1, 0.15) is 23.9 Å². The summed E-state index contributed by atoms with van der Waals surface area (Å²) in [6, 6.07) is -1.02. The van der Waals surface area contributed by atoms with Crippen molar-refractivity contribution in [1.29, 1.82) is 0 Å². The van der Waals surface area contributed by atoms with E-state index in [0.717, 1.165) is 12.2 Å². The van der Waals surface area contributed by atoms with Gasteiger partial charge >= 0.3 is 11.9 Å². The smallest absolute Gasteiger partial charge is 0.306 e. The molecular weight excluding hydrogens is 1020 g/mol. The molecule has 2 unspecified atom stereocenters. The minimum Gasteiger partial charge on any atom is -0.449 e. The second-order valence-corrected chi connectivity index (χ2v) is 22.8. The van der Waals surface area contributed by atoms with Crippen LogP contribution >= 0.6 is 40.3 Å². The second-order valence-electron chi connectivity index (χ2n) is 21.1. The van der Waals surface area contributed by atoms with Crippen LogP contribution in [0.4, 0.5) is 26.3 Å². The number of thiol groups is 1. The lowest BCUT2D eigenvalue weighted by molar-refractivity contribution is -0.228. The molecule has 0 bridgehead atoms. The molecule has 0 amide bonds. The van der Waals surface area contributed by atoms with Gasteiger partial charge in [0.2, 0.25) is 10.2 Å². The molecule has 19 heteroatoms. The number of ether oxygens (including phenoxy) is 2. The fourth-order valence-corrected chi connectivity index (χ4v) is 16.4. The van der Waals surface area contributed by atoms with Crippen LogP contribution in [0.1, 0.15) is 107 Å². The number of rotatable bonds is 7. The molecule has 6 saturated carbocycles. The van der Waals surface area contributed by atoms with E-state index in [2.05, 4.69) is 28.6 Å². The van der Waals surface area contributed by atoms with Gasteiger partial charge in [-0.15, -0.1) is 12.6 Å². The number of alkyl halides is 7. The molecule has 0 spiro atoms. The molecule has 69 heavy (non-hydrogen) atoms. The summed E-state index contributed by atoms with van der Waals surface area (Å²) in [6.07, 6.45) is 0.779. The third kappa shape index (κ3) is 7.69. The second kappa shape index (κ2) is 19.3. The molecule has 8 rings (SSSR count). The zero-order chi connectivity index (χ0) is 51.8. The van der Waals surface area contributed by atoms with E-state index >= 15 is 17.6 Å². The van der Waals surface area contributed by atoms with E-state index < -0.39 is 150 Å². The molecule has 0 aromatic heterocycles. The molecule has 18 atom stereocenters. The Balaban J connectivity index is 0.000000215. The number of esters is 2. The zero-order valence-electron chi connectivity index (χ0n) is 40.0. The van der Waals surface area contributed by atoms with Gasteiger partial charge in [-0.25, -0.2) is 26.3 Å². The van der Waals surface area contributed by atoms with Crippen LogP contribution in [0.2, 0.25) is 0 Å². The van der Waals surface area contributed by atoms with Crippen molar-refractivity contribution >= 4 is 74.1 Å². The Bertz CT molecular complexity index is 2270. The van der Waals surface area contributed by atoms with E-state index in [1.807, 2.05) is 0 Å². The van der Waals surface area contributed by atoms with Gasteiger partial charge < -0.3 is 19.7 Å². The Morgan fingerprint density at radius 1 is 0.710 bits per heavy atom. The van der Waals surface area contributed by atoms with Crippen molar-refractivity contribution in [2.24, 2.45) is 57.2 Å². The zero-order valence-corrected chi connectivity index (χ0v) is 43.3. The highest BCUT2D eigenvalue weighted by Crippen LogP contribution is 2.74. The van der Waals surface area contributed by atoms with Gasteiger partial charge in [-0.1, -0.05) is 69.6 Å². The van der Waals surface area contributed by atoms with E-state index in [4.69, 9.17) is 9.47 Å². The average molecular weight is 1080 g/mol. The maximum Gasteiger partial charge on any atom is 0.306 e. The highest BCUT2D eigenvalue weighted by molar-refractivity contribution is 9.09. The number of ketones is 2. The van der Waals surface area contributed by atoms with Crippen LogP contribution in [0.25, 0.3) is 0 Å². The molecule has 10 nitrogen and oxygen atoms in total. The minimum atomic E-state index is -2.30. The fraction of sp³-hybridized carbons (Fsp3) is 0.720. The standard InChI is InChI=1S/C25H31F3O5S.C24H30F2O5S.CH2BrF/c1-5-20(31)33-25(21(32)34-12-26)13(2)8-15-16-10-18(27)17-9-14(29)6-7-22(17,3)24(16,28)19(30)11-23(15,25)4;1-5-19(29)31-24(20(30)32)12(2)8-14-15-10-17(25)16-9-13(27)6-7-21(16,3)23(15,26)18(28)11-22(14,24)4;2-1-3/h6-7,9,13,15-16,18-19,30H,5,8,10-12H2,1-4H3;6-7,9,12,14-15,17-18,28H,5,8,10-11H2,1-4H3,(H,30,32);1H2/t13-,15+,16?,18+,19+,22+,23+,24+,25+;12-,14+,15?,17+,18+,21+,22+,23+,24+;/m11./s1. The number of allylic oxidation sites excluding steroid dienone is 8. The normalized spacial score (nSPS) is 46.6. The van der Waals surface area contributed by atoms with Gasteiger partial charge in [0, 0.05) is 58.2 Å². The third-order valence-electron chi connectivity index (χ3n) is 18.3. The summed E-state index contributed by atoms with van der Waals surface area (Å²) < 4.78 is 100. The topological polar surface area (TPSA) is 161 Å². The number of carbonyl (C=O) groups is 6. The number of fused-ring (bicyclic) bond motifs is 10. The molecule has 0 aliphatic heterocycles. The Morgan fingerprint density at radius 2 is 1.07 bits per heavy atom. The summed E-state index contributed by atoms with van der Waals surface area (Å²) in [6.45, 7) is 13.1. The maximum absolute atomic E-state index is 17.2. The lowest BCUT2D eigenvalue weighted by Gasteiger charge is -2.63. The molecule has 0 heterocycles. The van der Waals surface area contributed by atoms with Crippen LogP contribution in [0.15, 0.2) is 47.6 Å². The Kier molecular flexibility index (Phi) is 15.5. The van der Waals surface area contributed by atoms with Crippen LogP contribution in [-0.2, 0) is 38.2 Å². The summed E-state index contributed by atoms with van der Waals surface area (Å²) in [5.74, 6) is -6.24. The van der Waals surface area contributed by atoms with Gasteiger partial charge in [0.15, 0.2) is 34.1 Å². The van der Waals surface area contributed by atoms with E-state index in [-0.39, 0.29) is 56.1 Å². The SMILES string of the molecule is CCC(=O)O[C@]1(C(=O)S)[C@H](C)C[C@H]2C3C[C@H](F)C4=CC(=O)C=C[C@]4(C)[C@@]3(F)[C@@H](O)C[C@@]21C.CCC(=O)O[C@]1(C(=O)SCF)[C@H](C)C[C@H]2C3C[C@H](F)C4=CC(=O)C=C[C@]4(C)[C@@]3(F)[C@@H](O)C[C@@]21C.FCBr. The lowest BCUT2D eigenvalue weighted by atomic mass is 9.44. The van der Waals surface area contributed by atoms with Crippen molar-refractivity contribution in [3.05, 3.63) is 47.6 Å². The van der Waals surface area contributed by atoms with Crippen molar-refractivity contribution in [3.8, 4) is 0 Å². The fourth-order valence-electron chi connectivity index (χ4n) is 15.1. The first kappa shape index (κ1) is 55.6. The van der Waals surface area contributed by atoms with Gasteiger partial charge in [-0.3, -0.25) is 28.8 Å². The van der Waals surface area contributed by atoms with Crippen LogP contribution < -0.4 is 0 Å². The number of aliphatic hydroxyl groups excluding tert-OH is 2. The molecule has 8 aliphatic rings. The molecule has 0 aromatic carbocycles. The molecule has 6 fully saturated rings. The first-order chi connectivity index (χ1) is 32.0. The number of halogens is 7. The third-order valence-corrected chi connectivity index (χ3v) is 19.3. The summed E-state index contributed by atoms with van der Waals surface area (Å²) in [7, 11) is 0. The van der Waals surface area contributed by atoms with Crippen LogP contribution in [0.3, 0.4) is 0 Å². The minimum absolute atomic E-state index is 0.0141. The Morgan fingerprint density at radius 3 is 1.43 bits per heavy atom. The van der Waals surface area contributed by atoms with Crippen molar-refractivity contribution in [2.45, 2.75) is 154 Å². The van der Waals surface area contributed by atoms with Crippen LogP contribution in [-0.4, -0.2) is 103 Å². The monoisotopic (exact) mass is 1080 g/mol. The molecule has 384 valence electrons. The number of aliphatic hydroxyl groups is 2. The van der Waals surface area contributed by atoms with E-state index in [1.54, 1.807) is 41.5 Å². The quantitative estimate of drug-likeness (QED) is 0.0965. The molecule has 8 aliphatic carbocycles. The molecular formula is C50H63BrF6O10S2. The summed E-state index contributed by atoms with van der Waals surface area (Å²) in [5, 5.41) is 21.4. The Hall–Kier alpha value is -2.74. The molecule has 0 aromatic rings. The van der Waals surface area contributed by atoms with E-state index in [1.165, 1.54) is 38.2 Å². The predicted molar refractivity (Wildman–Crippen MR) is 252 cm³/mol. The van der Waals surface area contributed by atoms with Crippen LogP contribution in [0, 0.1) is 57.2 Å². The van der Waals surface area contributed by atoms with Crippen molar-refractivity contribution in [3.63, 3.8) is 0 Å². The number of hydrogen-bond donors (Lipinski definition) is 3. The van der Waals surface area contributed by atoms with E-state index in [0.29, 0.717) is 18.2 Å². The highest BCUT2D eigenvalue weighted by atomic mass is 79.9. The molecule has 0 saturated heterocycles. The van der Waals surface area contributed by atoms with Gasteiger partial charge in [0.25, 0.3) is 0 Å². The molecule has 0 radical (unpaired) electrons. The number of carbonyl (C=O) groups excluding carboxylic acids is 6. The Labute approximate surface area is 417 Å². The van der Waals surface area contributed by atoms with Gasteiger partial charge in [-0.2, -0.15) is 0 Å². The van der Waals surface area contributed by atoms with Crippen LogP contribution in [0.5, 0.6) is 0 Å². The average Bonchev–Trinajstić information content (AvgIpc) is 3.63. The lowest BCUT2D eigenvalue weighted by Crippen LogP contribution is -2.70. The first-order valence-electron chi connectivity index (χ1n) is 23.5. The van der Waals surface area contributed by atoms with Gasteiger partial charge in [0.05, 0.1) is 12.2 Å². The number of thioether (sulfide) groups is 1. The number of hydrogen-bond acceptors (Lipinski definition) is 11. The predicted octanol–water partition coefficient (Wildman–Crippen LogP) is 9.44. The summed E-state index contributed by atoms with van der Waals surface area (Å²) >= 11 is 6.96. The largest absolute Gasteiger partial charge is 0.449 e. The molecule has 2 N–H and O–H groups in total. The summed E-state index contributed by atoms with van der Waals surface area (Å²) in [5.41, 5.74) is -13.7. The maximum atomic E-state index is 17.2. The van der Waals surface area contributed by atoms with E-state index in [9.17, 15) is 47.8 Å². The van der Waals surface area contributed by atoms with Gasteiger partial charge in [-0.05, 0) is 111 Å². The van der Waals surface area contributed by atoms with Crippen molar-refractivity contribution in [1.82, 2.24) is 0 Å².